The van der Waals surface area contributed by atoms with E-state index in [9.17, 15) is 0 Å². The smallest absolute Gasteiger partial charge is 0.0711 e. The lowest BCUT2D eigenvalue weighted by Gasteiger charge is -1.95. The summed E-state index contributed by atoms with van der Waals surface area (Å²) in [6.45, 7) is 2.13. The first-order valence-electron chi connectivity index (χ1n) is 3.52. The molecular formula is C9H6Br2S. The second-order valence-corrected chi connectivity index (χ2v) is 6.06. The van der Waals surface area contributed by atoms with Crippen LogP contribution in [0, 0.1) is 6.92 Å². The zero-order valence-electron chi connectivity index (χ0n) is 6.40. The van der Waals surface area contributed by atoms with Gasteiger partial charge in [-0.2, -0.15) is 0 Å². The van der Waals surface area contributed by atoms with Crippen LogP contribution < -0.4 is 0 Å². The first-order chi connectivity index (χ1) is 5.66. The highest BCUT2D eigenvalue weighted by Gasteiger charge is 2.02. The van der Waals surface area contributed by atoms with E-state index in [4.69, 9.17) is 0 Å². The molecule has 0 nitrogen and oxygen atoms in total. The van der Waals surface area contributed by atoms with E-state index in [0.717, 1.165) is 4.47 Å². The van der Waals surface area contributed by atoms with E-state index in [1.165, 1.54) is 19.4 Å². The van der Waals surface area contributed by atoms with E-state index in [1.807, 2.05) is 0 Å². The Morgan fingerprint density at radius 1 is 1.17 bits per heavy atom. The van der Waals surface area contributed by atoms with Gasteiger partial charge in [0.2, 0.25) is 0 Å². The van der Waals surface area contributed by atoms with Gasteiger partial charge in [0.25, 0.3) is 0 Å². The van der Waals surface area contributed by atoms with Crippen LogP contribution >= 0.6 is 43.2 Å². The summed E-state index contributed by atoms with van der Waals surface area (Å²) in [6, 6.07) is 6.46. The molecule has 0 saturated carbocycles. The molecule has 0 atom stereocenters. The molecule has 2 rings (SSSR count). The van der Waals surface area contributed by atoms with Crippen molar-refractivity contribution in [3.63, 3.8) is 0 Å². The van der Waals surface area contributed by atoms with Gasteiger partial charge in [-0.25, -0.2) is 0 Å². The SMILES string of the molecule is Cc1cc(Br)cc2sc(Br)cc12. The van der Waals surface area contributed by atoms with E-state index in [0.29, 0.717) is 0 Å². The van der Waals surface area contributed by atoms with Crippen LogP contribution in [0.2, 0.25) is 0 Å². The zero-order valence-corrected chi connectivity index (χ0v) is 10.4. The van der Waals surface area contributed by atoms with Gasteiger partial charge in [0.05, 0.1) is 3.79 Å². The Morgan fingerprint density at radius 2 is 1.92 bits per heavy atom. The summed E-state index contributed by atoms with van der Waals surface area (Å²) in [5, 5.41) is 1.34. The van der Waals surface area contributed by atoms with Crippen molar-refractivity contribution in [1.29, 1.82) is 0 Å². The molecule has 0 radical (unpaired) electrons. The topological polar surface area (TPSA) is 0 Å². The van der Waals surface area contributed by atoms with Crippen molar-refractivity contribution >= 4 is 53.3 Å². The van der Waals surface area contributed by atoms with E-state index >= 15 is 0 Å². The Kier molecular flexibility index (Phi) is 2.27. The Balaban J connectivity index is 2.88. The first-order valence-corrected chi connectivity index (χ1v) is 5.92. The number of thiophene rings is 1. The van der Waals surface area contributed by atoms with Crippen molar-refractivity contribution in [2.75, 3.05) is 0 Å². The molecule has 3 heteroatoms. The molecule has 0 unspecified atom stereocenters. The molecule has 0 amide bonds. The van der Waals surface area contributed by atoms with Gasteiger partial charge in [-0.15, -0.1) is 11.3 Å². The molecule has 0 fully saturated rings. The molecule has 62 valence electrons. The van der Waals surface area contributed by atoms with Crippen molar-refractivity contribution in [2.45, 2.75) is 6.92 Å². The minimum Gasteiger partial charge on any atom is -0.128 e. The maximum atomic E-state index is 3.49. The zero-order chi connectivity index (χ0) is 8.72. The van der Waals surface area contributed by atoms with Crippen molar-refractivity contribution in [1.82, 2.24) is 0 Å². The van der Waals surface area contributed by atoms with Gasteiger partial charge >= 0.3 is 0 Å². The third-order valence-electron chi connectivity index (χ3n) is 1.78. The van der Waals surface area contributed by atoms with Crippen LogP contribution in [-0.2, 0) is 0 Å². The van der Waals surface area contributed by atoms with E-state index in [-0.39, 0.29) is 0 Å². The number of hydrogen-bond acceptors (Lipinski definition) is 1. The summed E-state index contributed by atoms with van der Waals surface area (Å²) in [5.41, 5.74) is 1.32. The van der Waals surface area contributed by atoms with Crippen LogP contribution in [0.15, 0.2) is 26.5 Å². The predicted octanol–water partition coefficient (Wildman–Crippen LogP) is 4.73. The van der Waals surface area contributed by atoms with Gasteiger partial charge in [0.15, 0.2) is 0 Å². The van der Waals surface area contributed by atoms with E-state index < -0.39 is 0 Å². The minimum atomic E-state index is 1.15. The molecule has 12 heavy (non-hydrogen) atoms. The fourth-order valence-electron chi connectivity index (χ4n) is 1.24. The lowest BCUT2D eigenvalue weighted by molar-refractivity contribution is 1.52. The van der Waals surface area contributed by atoms with Crippen LogP contribution in [0.3, 0.4) is 0 Å². The van der Waals surface area contributed by atoms with Gasteiger partial charge in [0.1, 0.15) is 0 Å². The number of benzene rings is 1. The monoisotopic (exact) mass is 304 g/mol. The second-order valence-electron chi connectivity index (χ2n) is 2.69. The number of hydrogen-bond donors (Lipinski definition) is 0. The lowest BCUT2D eigenvalue weighted by atomic mass is 10.2. The molecule has 0 aliphatic carbocycles. The standard InChI is InChI=1S/C9H6Br2S/c1-5-2-6(10)3-8-7(5)4-9(11)12-8/h2-4H,1H3. The quantitative estimate of drug-likeness (QED) is 0.660. The van der Waals surface area contributed by atoms with Crippen molar-refractivity contribution in [3.05, 3.63) is 32.0 Å². The fourth-order valence-corrected chi connectivity index (χ4v) is 3.62. The first kappa shape index (κ1) is 8.73. The molecule has 1 heterocycles. The Labute approximate surface area is 91.9 Å². The second kappa shape index (κ2) is 3.13. The maximum absolute atomic E-state index is 3.49. The van der Waals surface area contributed by atoms with Crippen molar-refractivity contribution in [3.8, 4) is 0 Å². The van der Waals surface area contributed by atoms with Crippen molar-refractivity contribution < 1.29 is 0 Å². The summed E-state index contributed by atoms with van der Waals surface area (Å²) in [7, 11) is 0. The predicted molar refractivity (Wildman–Crippen MR) is 62.0 cm³/mol. The average Bonchev–Trinajstić information content (AvgIpc) is 2.29. The van der Waals surface area contributed by atoms with Crippen LogP contribution in [0.5, 0.6) is 0 Å². The third kappa shape index (κ3) is 1.45. The molecule has 2 aromatic rings. The number of halogens is 2. The summed E-state index contributed by atoms with van der Waals surface area (Å²) in [6.07, 6.45) is 0. The highest BCUT2D eigenvalue weighted by molar-refractivity contribution is 9.11. The van der Waals surface area contributed by atoms with Gasteiger partial charge in [-0.05, 0) is 52.0 Å². The third-order valence-corrected chi connectivity index (χ3v) is 3.82. The van der Waals surface area contributed by atoms with Crippen molar-refractivity contribution in [2.24, 2.45) is 0 Å². The summed E-state index contributed by atoms with van der Waals surface area (Å²) in [4.78, 5) is 0. The molecule has 1 aromatic carbocycles. The molecular weight excluding hydrogens is 300 g/mol. The van der Waals surface area contributed by atoms with Gasteiger partial charge in [0, 0.05) is 9.17 Å². The fraction of sp³-hybridized carbons (Fsp3) is 0.111. The molecule has 0 bridgehead atoms. The molecule has 0 N–H and O–H groups in total. The van der Waals surface area contributed by atoms with Gasteiger partial charge in [-0.1, -0.05) is 15.9 Å². The number of aryl methyl sites for hydroxylation is 1. The highest BCUT2D eigenvalue weighted by Crippen LogP contribution is 2.33. The summed E-state index contributed by atoms with van der Waals surface area (Å²) in [5.74, 6) is 0. The Hall–Kier alpha value is 0.140. The highest BCUT2D eigenvalue weighted by atomic mass is 79.9. The largest absolute Gasteiger partial charge is 0.128 e. The normalized spacial score (nSPS) is 10.9. The van der Waals surface area contributed by atoms with Gasteiger partial charge < -0.3 is 0 Å². The molecule has 0 saturated heterocycles. The van der Waals surface area contributed by atoms with Crippen LogP contribution in [-0.4, -0.2) is 0 Å². The number of fused-ring (bicyclic) bond motifs is 1. The molecule has 0 spiro atoms. The maximum Gasteiger partial charge on any atom is 0.0711 e. The van der Waals surface area contributed by atoms with E-state index in [2.05, 4.69) is 57.0 Å². The van der Waals surface area contributed by atoms with E-state index in [1.54, 1.807) is 11.3 Å². The summed E-state index contributed by atoms with van der Waals surface area (Å²) < 4.78 is 3.68. The Morgan fingerprint density at radius 3 is 2.67 bits per heavy atom. The minimum absolute atomic E-state index is 1.15. The van der Waals surface area contributed by atoms with Crippen LogP contribution in [0.4, 0.5) is 0 Å². The molecule has 1 aromatic heterocycles. The molecule has 0 aliphatic rings. The van der Waals surface area contributed by atoms with Gasteiger partial charge in [-0.3, -0.25) is 0 Å². The Bertz CT molecular complexity index is 431. The number of rotatable bonds is 0. The summed E-state index contributed by atoms with van der Waals surface area (Å²) >= 11 is 8.74. The average molecular weight is 306 g/mol. The lowest BCUT2D eigenvalue weighted by Crippen LogP contribution is -1.72. The van der Waals surface area contributed by atoms with Crippen LogP contribution in [0.1, 0.15) is 5.56 Å². The molecule has 0 aliphatic heterocycles. The van der Waals surface area contributed by atoms with Crippen LogP contribution in [0.25, 0.3) is 10.1 Å².